The lowest BCUT2D eigenvalue weighted by Crippen LogP contribution is -2.63. The van der Waals surface area contributed by atoms with Gasteiger partial charge in [-0.2, -0.15) is 0 Å². The molecule has 12 fully saturated rings. The number of rotatable bonds is 2. The highest BCUT2D eigenvalue weighted by atomic mass is 16.4. The SMILES string of the molecule is C[C@]12C=CC(=O)C=C1CC[C@@H]1[C@@H]2[C@@H](O)C[C@]2(C)C(=O)CC[C@@H]12.C[C@]12CCC(=O)C=C1CC[C@@H]1[C@@H]2[C@@H](O)C[C@@]2(C)[C@H]1CC[C@]2(O)C(O)CO.C[C@]12CCC(=O)C=C1CC[C@@H]1[C@@H]2[C@@H](O)C[C@]2(C)C(=O)CC[C@@H]12.C[C@]12C[C@H](O)[C@H]3[C@@H](CCC4=CC(=O)C=C[C@@]43C)[C@@H]1CC[C@@H]2O. The van der Waals surface area contributed by atoms with Crippen LogP contribution in [0.1, 0.15) is 209 Å². The highest BCUT2D eigenvalue weighted by Gasteiger charge is 2.69. The van der Waals surface area contributed by atoms with E-state index in [4.69, 9.17) is 0 Å². The summed E-state index contributed by atoms with van der Waals surface area (Å²) in [5.74, 6) is 5.06. The third-order valence-electron chi connectivity index (χ3n) is 31.1. The van der Waals surface area contributed by atoms with Gasteiger partial charge in [-0.05, 0) is 240 Å². The topological polar surface area (TPSA) is 264 Å². The summed E-state index contributed by atoms with van der Waals surface area (Å²) in [5, 5.41) is 85.5. The number of carbonyl (C=O) groups is 6. The van der Waals surface area contributed by atoms with Crippen molar-refractivity contribution in [3.05, 3.63) is 70.9 Å². The molecule has 504 valence electrons. The minimum absolute atomic E-state index is 0.0385. The standard InChI is InChI=1S/C21H32O5.2C19H26O3.C19H24O3/c1-19-7-5-13(23)9-12(19)3-4-14-15-6-8-21(26,17(25)11-22)20(15,2)10-16(24)18(14)19;3*1-18-8-7-12(20)9-11(18)3-4-13-14-5-6-16(22)19(14,2)10-15(21)17(13)18/h9,14-18,22,24-26H,3-8,10-11H2,1-2H3;9,13-15,17,21H,3-8,10H2,1-2H3;7-9,13-17,21-22H,3-6,10H2,1-2H3;7-9,13-15,17,21H,3-6,10H2,1-2H3/t14-,15-,16-,17?,18+,19-,20-,21-;13-,14-,15-,17+,18-,19-;13-,14-,15-,16-,17+,18-,19-;13-,14-,15-,17+,18-,19-/m0000/s1. The van der Waals surface area contributed by atoms with E-state index in [1.807, 2.05) is 31.2 Å². The molecule has 0 aliphatic heterocycles. The maximum absolute atomic E-state index is 12.4. The van der Waals surface area contributed by atoms with E-state index in [2.05, 4.69) is 48.5 Å². The molecule has 12 saturated carbocycles. The Balaban J connectivity index is 0.000000112. The van der Waals surface area contributed by atoms with Gasteiger partial charge in [0.2, 0.25) is 0 Å². The van der Waals surface area contributed by atoms with Crippen LogP contribution >= 0.6 is 0 Å². The lowest BCUT2D eigenvalue weighted by molar-refractivity contribution is -0.207. The van der Waals surface area contributed by atoms with Crippen molar-refractivity contribution < 1.29 is 69.6 Å². The first-order valence-electron chi connectivity index (χ1n) is 36.1. The zero-order valence-corrected chi connectivity index (χ0v) is 56.2. The van der Waals surface area contributed by atoms with E-state index >= 15 is 0 Å². The third-order valence-corrected chi connectivity index (χ3v) is 31.1. The molecule has 0 aromatic carbocycles. The molecule has 27 atom stereocenters. The van der Waals surface area contributed by atoms with Crippen LogP contribution in [0.25, 0.3) is 0 Å². The van der Waals surface area contributed by atoms with Crippen molar-refractivity contribution in [3.63, 3.8) is 0 Å². The van der Waals surface area contributed by atoms with Crippen LogP contribution in [0.5, 0.6) is 0 Å². The van der Waals surface area contributed by atoms with Crippen LogP contribution in [0.15, 0.2) is 70.9 Å². The molecular weight excluding hydrogens is 1160 g/mol. The van der Waals surface area contributed by atoms with Crippen molar-refractivity contribution in [2.45, 2.75) is 252 Å². The molecule has 14 heteroatoms. The predicted octanol–water partition coefficient (Wildman–Crippen LogP) is 10.1. The lowest BCUT2D eigenvalue weighted by atomic mass is 9.45. The van der Waals surface area contributed by atoms with E-state index in [1.54, 1.807) is 24.3 Å². The molecule has 0 aromatic rings. The van der Waals surface area contributed by atoms with Crippen LogP contribution in [0, 0.1) is 114 Å². The summed E-state index contributed by atoms with van der Waals surface area (Å²) in [6.45, 7) is 16.7. The van der Waals surface area contributed by atoms with E-state index in [-0.39, 0.29) is 103 Å². The van der Waals surface area contributed by atoms with Crippen LogP contribution in [0.4, 0.5) is 0 Å². The van der Waals surface area contributed by atoms with Gasteiger partial charge in [-0.15, -0.1) is 0 Å². The molecule has 0 bridgehead atoms. The molecule has 0 spiro atoms. The van der Waals surface area contributed by atoms with Gasteiger partial charge in [-0.3, -0.25) is 28.8 Å². The molecule has 0 saturated heterocycles. The summed E-state index contributed by atoms with van der Waals surface area (Å²) in [6, 6.07) is 0. The number of carbonyl (C=O) groups excluding carboxylic acids is 6. The van der Waals surface area contributed by atoms with Gasteiger partial charge in [-0.1, -0.05) is 89.8 Å². The van der Waals surface area contributed by atoms with Crippen LogP contribution < -0.4 is 0 Å². The van der Waals surface area contributed by atoms with Crippen molar-refractivity contribution in [1.82, 2.24) is 0 Å². The molecule has 14 nitrogen and oxygen atoms in total. The maximum Gasteiger partial charge on any atom is 0.178 e. The smallest absolute Gasteiger partial charge is 0.178 e. The highest BCUT2D eigenvalue weighted by Crippen LogP contribution is 2.70. The average molecular weight is 1270 g/mol. The number of hydrogen-bond donors (Lipinski definition) is 8. The summed E-state index contributed by atoms with van der Waals surface area (Å²) in [4.78, 5) is 71.9. The zero-order valence-electron chi connectivity index (χ0n) is 56.2. The average Bonchev–Trinajstić information content (AvgIpc) is 1.34. The van der Waals surface area contributed by atoms with Crippen molar-refractivity contribution in [1.29, 1.82) is 0 Å². The van der Waals surface area contributed by atoms with E-state index in [1.165, 1.54) is 22.3 Å². The summed E-state index contributed by atoms with van der Waals surface area (Å²) in [5.41, 5.74) is 1.52. The molecule has 0 heterocycles. The quantitative estimate of drug-likeness (QED) is 0.128. The van der Waals surface area contributed by atoms with Crippen molar-refractivity contribution in [2.24, 2.45) is 114 Å². The molecule has 8 N–H and O–H groups in total. The fourth-order valence-corrected chi connectivity index (χ4v) is 26.3. The van der Waals surface area contributed by atoms with Crippen LogP contribution in [-0.2, 0) is 28.8 Å². The fourth-order valence-electron chi connectivity index (χ4n) is 26.3. The molecular formula is C78H108O14. The number of aliphatic hydroxyl groups excluding tert-OH is 7. The zero-order chi connectivity index (χ0) is 66.0. The Kier molecular flexibility index (Phi) is 16.8. The first-order chi connectivity index (χ1) is 43.3. The Labute approximate surface area is 545 Å². The number of fused-ring (bicyclic) bond motifs is 20. The first-order valence-corrected chi connectivity index (χ1v) is 36.1. The van der Waals surface area contributed by atoms with Crippen molar-refractivity contribution in [2.75, 3.05) is 6.61 Å². The molecule has 16 aliphatic carbocycles. The lowest BCUT2D eigenvalue weighted by Gasteiger charge is -2.61. The Hall–Kier alpha value is -3.86. The Bertz CT molecular complexity index is 3250. The summed E-state index contributed by atoms with van der Waals surface area (Å²) >= 11 is 0. The third kappa shape index (κ3) is 9.82. The van der Waals surface area contributed by atoms with Crippen LogP contribution in [-0.4, -0.2) is 124 Å². The molecule has 16 rings (SSSR count). The molecule has 0 amide bonds. The van der Waals surface area contributed by atoms with Gasteiger partial charge < -0.3 is 40.9 Å². The second-order valence-corrected chi connectivity index (χ2v) is 34.8. The summed E-state index contributed by atoms with van der Waals surface area (Å²) < 4.78 is 0. The number of ketones is 6. The van der Waals surface area contributed by atoms with E-state index < -0.39 is 48.1 Å². The van der Waals surface area contributed by atoms with Gasteiger partial charge >= 0.3 is 0 Å². The van der Waals surface area contributed by atoms with Gasteiger partial charge in [0.05, 0.1) is 42.7 Å². The Morgan fingerprint density at radius 3 is 1.32 bits per heavy atom. The van der Waals surface area contributed by atoms with Crippen LogP contribution in [0.2, 0.25) is 0 Å². The van der Waals surface area contributed by atoms with E-state index in [0.717, 1.165) is 96.3 Å². The van der Waals surface area contributed by atoms with Crippen molar-refractivity contribution in [3.8, 4) is 0 Å². The van der Waals surface area contributed by atoms with Gasteiger partial charge in [-0.25, -0.2) is 0 Å². The minimum atomic E-state index is -1.35. The molecule has 92 heavy (non-hydrogen) atoms. The largest absolute Gasteiger partial charge is 0.394 e. The monoisotopic (exact) mass is 1270 g/mol. The maximum atomic E-state index is 12.4. The molecule has 1 unspecified atom stereocenters. The van der Waals surface area contributed by atoms with Gasteiger partial charge in [0, 0.05) is 64.6 Å². The Morgan fingerprint density at radius 1 is 0.424 bits per heavy atom. The number of allylic oxidation sites excluding steroid dienone is 10. The second-order valence-electron chi connectivity index (χ2n) is 34.8. The van der Waals surface area contributed by atoms with Gasteiger partial charge in [0.1, 0.15) is 17.7 Å². The second kappa shape index (κ2) is 23.1. The minimum Gasteiger partial charge on any atom is -0.394 e. The number of Topliss-reactive ketones (excluding diaryl/α,β-unsaturated/α-hetero) is 2. The highest BCUT2D eigenvalue weighted by molar-refractivity contribution is 6.02. The summed E-state index contributed by atoms with van der Waals surface area (Å²) in [7, 11) is 0. The van der Waals surface area contributed by atoms with E-state index in [9.17, 15) is 69.6 Å². The summed E-state index contributed by atoms with van der Waals surface area (Å²) in [6.07, 6.45) is 30.7. The first kappa shape index (κ1) is 66.7. The number of aliphatic hydroxyl groups is 8. The van der Waals surface area contributed by atoms with Gasteiger partial charge in [0.15, 0.2) is 23.1 Å². The predicted molar refractivity (Wildman–Crippen MR) is 346 cm³/mol. The van der Waals surface area contributed by atoms with Gasteiger partial charge in [0.25, 0.3) is 0 Å². The fraction of sp³-hybridized carbons (Fsp3) is 0.769. The Morgan fingerprint density at radius 2 is 0.837 bits per heavy atom. The van der Waals surface area contributed by atoms with Crippen LogP contribution in [0.3, 0.4) is 0 Å². The van der Waals surface area contributed by atoms with E-state index in [0.29, 0.717) is 105 Å². The number of hydrogen-bond acceptors (Lipinski definition) is 14. The molecule has 0 aromatic heterocycles. The van der Waals surface area contributed by atoms with Crippen molar-refractivity contribution >= 4 is 34.7 Å². The molecule has 16 aliphatic rings. The molecule has 0 radical (unpaired) electrons. The normalized spacial score (nSPS) is 51.7.